The lowest BCUT2D eigenvalue weighted by Gasteiger charge is -2.36. The largest absolute Gasteiger partial charge is 0.369 e. The topological polar surface area (TPSA) is 6.48 Å². The van der Waals surface area contributed by atoms with E-state index in [2.05, 4.69) is 41.8 Å². The second-order valence-electron chi connectivity index (χ2n) is 7.77. The smallest absolute Gasteiger partial charge is 0.123 e. The van der Waals surface area contributed by atoms with Crippen LogP contribution in [0.25, 0.3) is 0 Å². The van der Waals surface area contributed by atoms with Crippen LogP contribution in [0.2, 0.25) is 0 Å². The molecule has 1 saturated heterocycles. The summed E-state index contributed by atoms with van der Waals surface area (Å²) >= 11 is 0. The molecule has 0 N–H and O–H groups in total. The van der Waals surface area contributed by atoms with Crippen molar-refractivity contribution in [3.63, 3.8) is 0 Å². The first-order valence-electron chi connectivity index (χ1n) is 10.5. The molecular formula is C24H35Cl2FN2. The highest BCUT2D eigenvalue weighted by atomic mass is 35.5. The molecule has 0 atom stereocenters. The zero-order chi connectivity index (χ0) is 19.1. The van der Waals surface area contributed by atoms with Gasteiger partial charge >= 0.3 is 0 Å². The third kappa shape index (κ3) is 7.81. The van der Waals surface area contributed by atoms with E-state index in [1.165, 1.54) is 42.4 Å². The minimum atomic E-state index is -0.162. The van der Waals surface area contributed by atoms with Gasteiger partial charge in [0.25, 0.3) is 0 Å². The maximum absolute atomic E-state index is 13.1. The molecule has 1 aliphatic heterocycles. The first kappa shape index (κ1) is 25.7. The van der Waals surface area contributed by atoms with Crippen molar-refractivity contribution in [1.29, 1.82) is 0 Å². The van der Waals surface area contributed by atoms with Gasteiger partial charge in [-0.15, -0.1) is 24.8 Å². The van der Waals surface area contributed by atoms with E-state index in [0.29, 0.717) is 0 Å². The molecule has 0 saturated carbocycles. The van der Waals surface area contributed by atoms with Crippen LogP contribution in [0.1, 0.15) is 42.9 Å². The summed E-state index contributed by atoms with van der Waals surface area (Å²) in [7, 11) is 0. The molecule has 2 aromatic rings. The molecule has 0 aromatic heterocycles. The van der Waals surface area contributed by atoms with Crippen molar-refractivity contribution in [2.75, 3.05) is 37.6 Å². The molecular weight excluding hydrogens is 406 g/mol. The van der Waals surface area contributed by atoms with Gasteiger partial charge in [-0.3, -0.25) is 4.90 Å². The Hall–Kier alpha value is -1.29. The Labute approximate surface area is 188 Å². The predicted molar refractivity (Wildman–Crippen MR) is 128 cm³/mol. The highest BCUT2D eigenvalue weighted by Crippen LogP contribution is 2.18. The fourth-order valence-corrected chi connectivity index (χ4v) is 3.88. The van der Waals surface area contributed by atoms with E-state index in [1.807, 2.05) is 12.1 Å². The van der Waals surface area contributed by atoms with Gasteiger partial charge in [0.1, 0.15) is 5.82 Å². The lowest BCUT2D eigenvalue weighted by molar-refractivity contribution is 0.261. The van der Waals surface area contributed by atoms with Crippen molar-refractivity contribution in [3.05, 3.63) is 65.0 Å². The normalized spacial score (nSPS) is 14.2. The number of aryl methyl sites for hydroxylation is 2. The first-order valence-corrected chi connectivity index (χ1v) is 10.5. The molecule has 0 unspecified atom stereocenters. The van der Waals surface area contributed by atoms with E-state index in [0.717, 1.165) is 44.8 Å². The Morgan fingerprint density at radius 3 is 2.21 bits per heavy atom. The van der Waals surface area contributed by atoms with E-state index in [-0.39, 0.29) is 30.6 Å². The summed E-state index contributed by atoms with van der Waals surface area (Å²) < 4.78 is 13.1. The average Bonchev–Trinajstić information content (AvgIpc) is 2.69. The van der Waals surface area contributed by atoms with Crippen LogP contribution in [-0.2, 0) is 12.8 Å². The van der Waals surface area contributed by atoms with E-state index >= 15 is 0 Å². The molecule has 2 nitrogen and oxygen atoms in total. The fourth-order valence-electron chi connectivity index (χ4n) is 3.88. The van der Waals surface area contributed by atoms with Crippen LogP contribution in [0.4, 0.5) is 10.1 Å². The van der Waals surface area contributed by atoms with Gasteiger partial charge in [-0.05, 0) is 67.1 Å². The Balaban J connectivity index is 0.00000210. The molecule has 0 aliphatic carbocycles. The van der Waals surface area contributed by atoms with Crippen LogP contribution >= 0.6 is 24.8 Å². The lowest BCUT2D eigenvalue weighted by atomic mass is 9.98. The minimum absolute atomic E-state index is 0. The number of unbranched alkanes of at least 4 members (excludes halogenated alkanes) is 2. The standard InChI is InChI=1S/C24H33FN2.2ClH/c1-3-4-5-6-22-19-21(8-7-20(22)2)13-14-26-15-17-27(18-16-26)24-11-9-23(25)10-12-24;;/h7-12,19H,3-6,13-18H2,1-2H3;2*1H. The molecule has 162 valence electrons. The van der Waals surface area contributed by atoms with Gasteiger partial charge in [-0.1, -0.05) is 38.0 Å². The number of halogens is 3. The van der Waals surface area contributed by atoms with E-state index in [9.17, 15) is 4.39 Å². The van der Waals surface area contributed by atoms with Crippen LogP contribution in [0.3, 0.4) is 0 Å². The molecule has 3 rings (SSSR count). The van der Waals surface area contributed by atoms with Crippen molar-refractivity contribution in [2.45, 2.75) is 46.0 Å². The third-order valence-electron chi connectivity index (χ3n) is 5.74. The van der Waals surface area contributed by atoms with Gasteiger partial charge in [-0.2, -0.15) is 0 Å². The SMILES string of the molecule is CCCCCc1cc(CCN2CCN(c3ccc(F)cc3)CC2)ccc1C.Cl.Cl. The Kier molecular flexibility index (Phi) is 11.6. The Morgan fingerprint density at radius 1 is 0.862 bits per heavy atom. The molecule has 1 aliphatic rings. The summed E-state index contributed by atoms with van der Waals surface area (Å²) in [5, 5.41) is 0. The predicted octanol–water partition coefficient (Wildman–Crippen LogP) is 6.08. The summed E-state index contributed by atoms with van der Waals surface area (Å²) in [6.07, 6.45) is 6.23. The molecule has 0 spiro atoms. The first-order chi connectivity index (χ1) is 13.2. The molecule has 1 heterocycles. The molecule has 0 amide bonds. The highest BCUT2D eigenvalue weighted by molar-refractivity contribution is 5.85. The average molecular weight is 441 g/mol. The maximum atomic E-state index is 13.1. The van der Waals surface area contributed by atoms with Crippen molar-refractivity contribution in [3.8, 4) is 0 Å². The maximum Gasteiger partial charge on any atom is 0.123 e. The molecule has 0 radical (unpaired) electrons. The number of rotatable bonds is 8. The van der Waals surface area contributed by atoms with Crippen molar-refractivity contribution < 1.29 is 4.39 Å². The molecule has 1 fully saturated rings. The summed E-state index contributed by atoms with van der Waals surface area (Å²) in [4.78, 5) is 4.91. The number of nitrogens with zero attached hydrogens (tertiary/aromatic N) is 2. The van der Waals surface area contributed by atoms with Crippen LogP contribution in [0.5, 0.6) is 0 Å². The van der Waals surface area contributed by atoms with Crippen molar-refractivity contribution in [1.82, 2.24) is 4.90 Å². The Morgan fingerprint density at radius 2 is 1.55 bits per heavy atom. The second kappa shape index (κ2) is 13.1. The lowest BCUT2D eigenvalue weighted by Crippen LogP contribution is -2.47. The quantitative estimate of drug-likeness (QED) is 0.459. The monoisotopic (exact) mass is 440 g/mol. The van der Waals surface area contributed by atoms with Crippen LogP contribution in [0, 0.1) is 12.7 Å². The second-order valence-corrected chi connectivity index (χ2v) is 7.77. The van der Waals surface area contributed by atoms with Gasteiger partial charge in [0.15, 0.2) is 0 Å². The molecule has 2 aromatic carbocycles. The number of piperazine rings is 1. The van der Waals surface area contributed by atoms with E-state index in [4.69, 9.17) is 0 Å². The van der Waals surface area contributed by atoms with Gasteiger partial charge in [0, 0.05) is 38.4 Å². The van der Waals surface area contributed by atoms with Gasteiger partial charge in [0.2, 0.25) is 0 Å². The fraction of sp³-hybridized carbons (Fsp3) is 0.500. The minimum Gasteiger partial charge on any atom is -0.369 e. The summed E-state index contributed by atoms with van der Waals surface area (Å²) in [6.45, 7) is 9.80. The zero-order valence-corrected chi connectivity index (χ0v) is 19.3. The molecule has 0 bridgehead atoms. The third-order valence-corrected chi connectivity index (χ3v) is 5.74. The van der Waals surface area contributed by atoms with E-state index < -0.39 is 0 Å². The zero-order valence-electron chi connectivity index (χ0n) is 17.7. The number of anilines is 1. The van der Waals surface area contributed by atoms with Gasteiger partial charge in [-0.25, -0.2) is 4.39 Å². The molecule has 29 heavy (non-hydrogen) atoms. The summed E-state index contributed by atoms with van der Waals surface area (Å²) in [5.74, 6) is -0.162. The summed E-state index contributed by atoms with van der Waals surface area (Å²) in [5.41, 5.74) is 5.56. The van der Waals surface area contributed by atoms with E-state index in [1.54, 1.807) is 12.1 Å². The van der Waals surface area contributed by atoms with Crippen LogP contribution in [-0.4, -0.2) is 37.6 Å². The van der Waals surface area contributed by atoms with Gasteiger partial charge in [0.05, 0.1) is 0 Å². The van der Waals surface area contributed by atoms with Crippen molar-refractivity contribution in [2.24, 2.45) is 0 Å². The highest BCUT2D eigenvalue weighted by Gasteiger charge is 2.17. The number of hydrogen-bond acceptors (Lipinski definition) is 2. The summed E-state index contributed by atoms with van der Waals surface area (Å²) in [6, 6.07) is 13.9. The van der Waals surface area contributed by atoms with Crippen LogP contribution in [0.15, 0.2) is 42.5 Å². The van der Waals surface area contributed by atoms with Crippen molar-refractivity contribution >= 4 is 30.5 Å². The Bertz CT molecular complexity index is 713. The number of benzene rings is 2. The molecule has 5 heteroatoms. The number of hydrogen-bond donors (Lipinski definition) is 0. The van der Waals surface area contributed by atoms with Gasteiger partial charge < -0.3 is 4.90 Å². The van der Waals surface area contributed by atoms with Crippen LogP contribution < -0.4 is 4.90 Å².